The second-order valence-corrected chi connectivity index (χ2v) is 17.7. The fourth-order valence-corrected chi connectivity index (χ4v) is 6.15. The number of hydrogen-bond donors (Lipinski definition) is 1. The predicted molar refractivity (Wildman–Crippen MR) is 194 cm³/mol. The van der Waals surface area contributed by atoms with Crippen molar-refractivity contribution in [3.63, 3.8) is 0 Å². The van der Waals surface area contributed by atoms with Gasteiger partial charge in [0.2, 0.25) is 0 Å². The van der Waals surface area contributed by atoms with E-state index in [9.17, 15) is 9.90 Å². The molecule has 46 heavy (non-hydrogen) atoms. The summed E-state index contributed by atoms with van der Waals surface area (Å²) in [5.74, 6) is 0.118. The van der Waals surface area contributed by atoms with Crippen molar-refractivity contribution in [2.24, 2.45) is 5.92 Å². The summed E-state index contributed by atoms with van der Waals surface area (Å²) >= 11 is 0. The molecule has 0 aliphatic heterocycles. The molecule has 1 saturated carbocycles. The van der Waals surface area contributed by atoms with Crippen LogP contribution >= 0.6 is 0 Å². The Bertz CT molecular complexity index is 1410. The fourth-order valence-electron chi connectivity index (χ4n) is 6.15. The third-order valence-electron chi connectivity index (χ3n) is 9.51. The van der Waals surface area contributed by atoms with E-state index in [-0.39, 0.29) is 57.7 Å². The van der Waals surface area contributed by atoms with Crippen LogP contribution in [0.15, 0.2) is 60.7 Å². The van der Waals surface area contributed by atoms with E-state index in [4.69, 9.17) is 0 Å². The van der Waals surface area contributed by atoms with Gasteiger partial charge in [0.1, 0.15) is 5.76 Å². The van der Waals surface area contributed by atoms with Crippen LogP contribution in [0.4, 0.5) is 0 Å². The van der Waals surface area contributed by atoms with Gasteiger partial charge < -0.3 is 5.11 Å². The van der Waals surface area contributed by atoms with Crippen molar-refractivity contribution in [3.8, 4) is 22.3 Å². The number of rotatable bonds is 5. The zero-order valence-electron chi connectivity index (χ0n) is 30.7. The predicted octanol–water partition coefficient (Wildman–Crippen LogP) is 12.3. The van der Waals surface area contributed by atoms with Crippen molar-refractivity contribution >= 4 is 11.5 Å². The SMILES string of the molecule is CC(C)(C)c1cc(-c2cc(/C(O)=C/C(=O)C3CCCCC3)cc(-c3cc(C(C)(C)C)cc(C(C)(C)C)c3)c2)cc(C(C)(C)C)c1.[V]. The summed E-state index contributed by atoms with van der Waals surface area (Å²) in [5, 5.41) is 11.5. The van der Waals surface area contributed by atoms with Gasteiger partial charge in [0.15, 0.2) is 5.78 Å². The van der Waals surface area contributed by atoms with Crippen LogP contribution in [-0.4, -0.2) is 10.9 Å². The largest absolute Gasteiger partial charge is 0.507 e. The van der Waals surface area contributed by atoms with E-state index in [1.165, 1.54) is 34.8 Å². The van der Waals surface area contributed by atoms with E-state index in [1.807, 2.05) is 0 Å². The van der Waals surface area contributed by atoms with Gasteiger partial charge >= 0.3 is 0 Å². The van der Waals surface area contributed by atoms with Gasteiger partial charge in [-0.3, -0.25) is 4.79 Å². The molecule has 0 unspecified atom stereocenters. The molecular formula is C43H58O2V. The van der Waals surface area contributed by atoms with Crippen LogP contribution in [0.3, 0.4) is 0 Å². The molecule has 3 aromatic carbocycles. The molecule has 1 fully saturated rings. The number of ketones is 1. The summed E-state index contributed by atoms with van der Waals surface area (Å²) in [4.78, 5) is 13.3. The minimum Gasteiger partial charge on any atom is -0.507 e. The van der Waals surface area contributed by atoms with Crippen molar-refractivity contribution in [3.05, 3.63) is 88.5 Å². The van der Waals surface area contributed by atoms with Crippen LogP contribution in [0.2, 0.25) is 0 Å². The third kappa shape index (κ3) is 9.29. The molecule has 0 saturated heterocycles. The molecule has 1 aliphatic carbocycles. The molecule has 4 rings (SSSR count). The standard InChI is InChI=1S/C43H58O2.V/c1-40(2,3)34-21-31(22-35(25-34)41(4,5)6)29-18-30(32-23-36(42(7,8)9)26-37(24-32)43(10,11)12)20-33(19-29)39(45)27-38(44)28-16-14-13-15-17-28;/h18-28,45H,13-17H2,1-12H3;/b39-27-;. The van der Waals surface area contributed by atoms with E-state index in [0.29, 0.717) is 5.56 Å². The van der Waals surface area contributed by atoms with Crippen molar-refractivity contribution in [1.82, 2.24) is 0 Å². The van der Waals surface area contributed by atoms with Gasteiger partial charge in [-0.25, -0.2) is 0 Å². The van der Waals surface area contributed by atoms with E-state index in [2.05, 4.69) is 138 Å². The molecule has 247 valence electrons. The molecular weight excluding hydrogens is 599 g/mol. The van der Waals surface area contributed by atoms with Crippen LogP contribution in [0.1, 0.15) is 143 Å². The minimum absolute atomic E-state index is 0. The van der Waals surface area contributed by atoms with Gasteiger partial charge in [-0.2, -0.15) is 0 Å². The number of carbonyl (C=O) groups is 1. The van der Waals surface area contributed by atoms with E-state index in [0.717, 1.165) is 47.9 Å². The molecule has 0 heterocycles. The van der Waals surface area contributed by atoms with Crippen molar-refractivity contribution in [2.75, 3.05) is 0 Å². The average Bonchev–Trinajstić information content (AvgIpc) is 2.95. The molecule has 3 aromatic rings. The second-order valence-electron chi connectivity index (χ2n) is 17.7. The maximum Gasteiger partial charge on any atom is 0.162 e. The molecule has 0 bridgehead atoms. The van der Waals surface area contributed by atoms with Crippen LogP contribution < -0.4 is 0 Å². The summed E-state index contributed by atoms with van der Waals surface area (Å²) in [5.41, 5.74) is 10.1. The molecule has 1 aliphatic rings. The van der Waals surface area contributed by atoms with Gasteiger partial charge in [0.05, 0.1) is 0 Å². The molecule has 0 aromatic heterocycles. The van der Waals surface area contributed by atoms with E-state index < -0.39 is 0 Å². The Balaban J connectivity index is 0.00000576. The maximum absolute atomic E-state index is 13.3. The van der Waals surface area contributed by atoms with E-state index >= 15 is 0 Å². The Hall–Kier alpha value is -2.55. The Labute approximate surface area is 292 Å². The Morgan fingerprint density at radius 2 is 0.870 bits per heavy atom. The van der Waals surface area contributed by atoms with Gasteiger partial charge in [-0.15, -0.1) is 0 Å². The summed E-state index contributed by atoms with van der Waals surface area (Å²) < 4.78 is 0. The summed E-state index contributed by atoms with van der Waals surface area (Å²) in [7, 11) is 0. The van der Waals surface area contributed by atoms with Gasteiger partial charge in [0.25, 0.3) is 0 Å². The first-order valence-electron chi connectivity index (χ1n) is 17.1. The van der Waals surface area contributed by atoms with Crippen molar-refractivity contribution < 1.29 is 28.5 Å². The number of aliphatic hydroxyl groups excluding tert-OH is 1. The van der Waals surface area contributed by atoms with Crippen molar-refractivity contribution in [1.29, 1.82) is 0 Å². The smallest absolute Gasteiger partial charge is 0.162 e. The zero-order valence-corrected chi connectivity index (χ0v) is 32.1. The Kier molecular flexibility index (Phi) is 11.5. The number of hydrogen-bond acceptors (Lipinski definition) is 2. The van der Waals surface area contributed by atoms with Crippen LogP contribution in [0, 0.1) is 5.92 Å². The monoisotopic (exact) mass is 657 g/mol. The first kappa shape index (κ1) is 37.9. The summed E-state index contributed by atoms with van der Waals surface area (Å²) in [6, 6.07) is 20.3. The van der Waals surface area contributed by atoms with Crippen LogP contribution in [0.25, 0.3) is 28.0 Å². The zero-order chi connectivity index (χ0) is 33.5. The maximum atomic E-state index is 13.3. The summed E-state index contributed by atoms with van der Waals surface area (Å²) in [6.07, 6.45) is 6.70. The van der Waals surface area contributed by atoms with Crippen LogP contribution in [-0.2, 0) is 45.0 Å². The van der Waals surface area contributed by atoms with Gasteiger partial charge in [-0.1, -0.05) is 139 Å². The number of allylic oxidation sites excluding steroid dienone is 1. The molecule has 1 radical (unpaired) electrons. The Morgan fingerprint density at radius 3 is 1.20 bits per heavy atom. The third-order valence-corrected chi connectivity index (χ3v) is 9.51. The van der Waals surface area contributed by atoms with Gasteiger partial charge in [-0.05, 0) is 97.2 Å². The Morgan fingerprint density at radius 1 is 0.543 bits per heavy atom. The van der Waals surface area contributed by atoms with Crippen LogP contribution in [0.5, 0.6) is 0 Å². The normalized spacial score (nSPS) is 15.4. The van der Waals surface area contributed by atoms with E-state index in [1.54, 1.807) is 0 Å². The molecule has 0 amide bonds. The fraction of sp³-hybridized carbons (Fsp3) is 0.512. The summed E-state index contributed by atoms with van der Waals surface area (Å²) in [6.45, 7) is 27.1. The molecule has 3 heteroatoms. The van der Waals surface area contributed by atoms with Crippen molar-refractivity contribution in [2.45, 2.75) is 137 Å². The second kappa shape index (κ2) is 13.9. The number of carbonyl (C=O) groups excluding carboxylic acids is 1. The first-order chi connectivity index (χ1) is 20.6. The molecule has 2 nitrogen and oxygen atoms in total. The molecule has 0 atom stereocenters. The topological polar surface area (TPSA) is 37.3 Å². The molecule has 0 spiro atoms. The first-order valence-corrected chi connectivity index (χ1v) is 17.1. The minimum atomic E-state index is -0.0203. The number of aliphatic hydroxyl groups is 1. The van der Waals surface area contributed by atoms with Gasteiger partial charge in [0, 0.05) is 36.1 Å². The number of benzene rings is 3. The average molecular weight is 658 g/mol. The quantitative estimate of drug-likeness (QED) is 0.219. The molecule has 1 N–H and O–H groups in total.